The first-order valence-electron chi connectivity index (χ1n) is 10.5. The Bertz CT molecular complexity index is 1520. The quantitative estimate of drug-likeness (QED) is 0.323. The molecule has 2 amide bonds. The molecule has 1 aromatic carbocycles. The van der Waals surface area contributed by atoms with Crippen LogP contribution in [0.1, 0.15) is 32.3 Å². The molecule has 14 heteroatoms. The number of aromatic nitrogens is 3. The van der Waals surface area contributed by atoms with Crippen molar-refractivity contribution in [3.05, 3.63) is 63.9 Å². The predicted molar refractivity (Wildman–Crippen MR) is 124 cm³/mol. The Hall–Kier alpha value is -3.94. The average molecular weight is 541 g/mol. The third kappa shape index (κ3) is 5.28. The molecule has 0 unspecified atom stereocenters. The van der Waals surface area contributed by atoms with Crippen LogP contribution in [0.5, 0.6) is 0 Å². The van der Waals surface area contributed by atoms with Gasteiger partial charge in [-0.3, -0.25) is 14.3 Å². The second-order valence-corrected chi connectivity index (χ2v) is 9.14. The molecular weight excluding hydrogens is 524 g/mol. The Morgan fingerprint density at radius 3 is 2.24 bits per heavy atom. The van der Waals surface area contributed by atoms with Crippen LogP contribution in [-0.4, -0.2) is 26.6 Å². The number of pyridine rings is 1. The van der Waals surface area contributed by atoms with Gasteiger partial charge >= 0.3 is 12.4 Å². The molecule has 0 saturated carbocycles. The molecule has 0 radical (unpaired) electrons. The van der Waals surface area contributed by atoms with Crippen molar-refractivity contribution in [2.24, 2.45) is 5.73 Å². The third-order valence-electron chi connectivity index (χ3n) is 5.29. The van der Waals surface area contributed by atoms with Gasteiger partial charge in [-0.15, -0.1) is 11.3 Å². The first-order chi connectivity index (χ1) is 17.1. The maximum Gasteiger partial charge on any atom is 0.433 e. The minimum absolute atomic E-state index is 0.00212. The zero-order valence-corrected chi connectivity index (χ0v) is 19.9. The molecule has 3 N–H and O–H groups in total. The van der Waals surface area contributed by atoms with E-state index in [4.69, 9.17) is 5.73 Å². The molecule has 4 aromatic rings. The number of benzene rings is 1. The molecule has 0 fully saturated rings. The van der Waals surface area contributed by atoms with E-state index in [1.807, 2.05) is 0 Å². The number of thiophene rings is 1. The molecular formula is C23H17F6N5O2S. The summed E-state index contributed by atoms with van der Waals surface area (Å²) in [5.74, 6) is -2.07. The zero-order valence-electron chi connectivity index (χ0n) is 19.1. The van der Waals surface area contributed by atoms with Crippen molar-refractivity contribution in [2.75, 3.05) is 5.32 Å². The first-order valence-corrected chi connectivity index (χ1v) is 11.3. The fourth-order valence-electron chi connectivity index (χ4n) is 3.71. The van der Waals surface area contributed by atoms with Crippen molar-refractivity contribution in [2.45, 2.75) is 32.7 Å². The lowest BCUT2D eigenvalue weighted by atomic mass is 10.00. The summed E-state index contributed by atoms with van der Waals surface area (Å²) >= 11 is 0.531. The number of hydrogen-bond donors (Lipinski definition) is 2. The summed E-state index contributed by atoms with van der Waals surface area (Å²) in [7, 11) is 0. The summed E-state index contributed by atoms with van der Waals surface area (Å²) in [6, 6.07) is 7.97. The molecule has 194 valence electrons. The molecule has 0 saturated heterocycles. The van der Waals surface area contributed by atoms with Crippen LogP contribution in [0.15, 0.2) is 36.4 Å². The second-order valence-electron chi connectivity index (χ2n) is 8.14. The van der Waals surface area contributed by atoms with Gasteiger partial charge in [0.05, 0.1) is 11.4 Å². The highest BCUT2D eigenvalue weighted by Crippen LogP contribution is 2.43. The minimum atomic E-state index is -4.82. The predicted octanol–water partition coefficient (Wildman–Crippen LogP) is 5.55. The number of amides is 2. The SMILES string of the molecule is Cc1ccc(-c2cc(C(F)(F)F)nc3sc(C(N)=O)c(NC(=O)Cn4nc(C)cc4C(F)(F)F)c23)cc1. The van der Waals surface area contributed by atoms with Gasteiger partial charge in [0.15, 0.2) is 0 Å². The van der Waals surface area contributed by atoms with Crippen LogP contribution >= 0.6 is 11.3 Å². The maximum atomic E-state index is 13.6. The Balaban J connectivity index is 1.87. The van der Waals surface area contributed by atoms with Crippen LogP contribution in [0.4, 0.5) is 32.0 Å². The van der Waals surface area contributed by atoms with Gasteiger partial charge in [-0.25, -0.2) is 4.98 Å². The highest BCUT2D eigenvalue weighted by Gasteiger charge is 2.37. The van der Waals surface area contributed by atoms with E-state index in [-0.39, 0.29) is 32.0 Å². The standard InChI is InChI=1S/C23H17F6N5O2S/c1-10-3-5-12(6-4-10)13-8-14(22(24,25)26)31-21-17(13)18(19(37-21)20(30)36)32-16(35)9-34-15(23(27,28)29)7-11(2)33-34/h3-8H,9H2,1-2H3,(H2,30,36)(H,32,35). The number of fused-ring (bicyclic) bond motifs is 1. The summed E-state index contributed by atoms with van der Waals surface area (Å²) in [5, 5.41) is 6.04. The van der Waals surface area contributed by atoms with Gasteiger partial charge < -0.3 is 11.1 Å². The van der Waals surface area contributed by atoms with E-state index in [1.165, 1.54) is 6.92 Å². The number of aryl methyl sites for hydroxylation is 2. The Labute approximate surface area is 208 Å². The molecule has 37 heavy (non-hydrogen) atoms. The lowest BCUT2D eigenvalue weighted by molar-refractivity contribution is -0.144. The summed E-state index contributed by atoms with van der Waals surface area (Å²) in [6.07, 6.45) is -9.61. The van der Waals surface area contributed by atoms with Gasteiger partial charge in [-0.2, -0.15) is 31.4 Å². The lowest BCUT2D eigenvalue weighted by Crippen LogP contribution is -2.24. The normalized spacial score (nSPS) is 12.2. The molecule has 0 aliphatic rings. The van der Waals surface area contributed by atoms with Gasteiger partial charge in [0.1, 0.15) is 27.6 Å². The smallest absolute Gasteiger partial charge is 0.365 e. The second kappa shape index (κ2) is 9.18. The number of halogens is 6. The van der Waals surface area contributed by atoms with Crippen LogP contribution in [0.3, 0.4) is 0 Å². The number of carbonyl (C=O) groups excluding carboxylic acids is 2. The van der Waals surface area contributed by atoms with Gasteiger partial charge in [0.2, 0.25) is 5.91 Å². The Kier molecular flexibility index (Phi) is 6.48. The Morgan fingerprint density at radius 2 is 1.68 bits per heavy atom. The van der Waals surface area contributed by atoms with Crippen molar-refractivity contribution < 1.29 is 35.9 Å². The average Bonchev–Trinajstić information content (AvgIpc) is 3.33. The van der Waals surface area contributed by atoms with Gasteiger partial charge in [-0.1, -0.05) is 29.8 Å². The van der Waals surface area contributed by atoms with Crippen molar-refractivity contribution in [3.8, 4) is 11.1 Å². The number of primary amides is 1. The van der Waals surface area contributed by atoms with E-state index in [9.17, 15) is 35.9 Å². The number of nitrogens with zero attached hydrogens (tertiary/aromatic N) is 3. The first kappa shape index (κ1) is 26.1. The summed E-state index contributed by atoms with van der Waals surface area (Å²) in [5.41, 5.74) is 3.97. The summed E-state index contributed by atoms with van der Waals surface area (Å²) < 4.78 is 81.2. The number of nitrogens with one attached hydrogen (secondary N) is 1. The number of hydrogen-bond acceptors (Lipinski definition) is 5. The van der Waals surface area contributed by atoms with E-state index in [1.54, 1.807) is 31.2 Å². The van der Waals surface area contributed by atoms with Crippen molar-refractivity contribution >= 4 is 39.1 Å². The molecule has 0 aliphatic heterocycles. The van der Waals surface area contributed by atoms with E-state index < -0.39 is 42.1 Å². The molecule has 0 atom stereocenters. The van der Waals surface area contributed by atoms with Crippen molar-refractivity contribution in [1.82, 2.24) is 14.8 Å². The number of carbonyl (C=O) groups is 2. The number of alkyl halides is 6. The minimum Gasteiger partial charge on any atom is -0.365 e. The topological polar surface area (TPSA) is 103 Å². The van der Waals surface area contributed by atoms with E-state index in [0.717, 1.165) is 17.7 Å². The molecule has 3 heterocycles. The lowest BCUT2D eigenvalue weighted by Gasteiger charge is -2.13. The summed E-state index contributed by atoms with van der Waals surface area (Å²) in [4.78, 5) is 28.1. The number of nitrogens with two attached hydrogens (primary N) is 1. The highest BCUT2D eigenvalue weighted by molar-refractivity contribution is 7.21. The van der Waals surface area contributed by atoms with E-state index >= 15 is 0 Å². The van der Waals surface area contributed by atoms with Crippen LogP contribution in [0.25, 0.3) is 21.3 Å². The third-order valence-corrected chi connectivity index (χ3v) is 6.39. The molecule has 7 nitrogen and oxygen atoms in total. The summed E-state index contributed by atoms with van der Waals surface area (Å²) in [6.45, 7) is 2.21. The van der Waals surface area contributed by atoms with Crippen LogP contribution in [0.2, 0.25) is 0 Å². The molecule has 0 spiro atoms. The maximum absolute atomic E-state index is 13.6. The van der Waals surface area contributed by atoms with E-state index in [2.05, 4.69) is 15.4 Å². The molecule has 0 bridgehead atoms. The zero-order chi connectivity index (χ0) is 27.3. The van der Waals surface area contributed by atoms with Crippen LogP contribution in [-0.2, 0) is 23.7 Å². The monoisotopic (exact) mass is 541 g/mol. The van der Waals surface area contributed by atoms with Crippen LogP contribution in [0, 0.1) is 13.8 Å². The van der Waals surface area contributed by atoms with Crippen molar-refractivity contribution in [1.29, 1.82) is 0 Å². The largest absolute Gasteiger partial charge is 0.433 e. The fraction of sp³-hybridized carbons (Fsp3) is 0.217. The Morgan fingerprint density at radius 1 is 1.03 bits per heavy atom. The van der Waals surface area contributed by atoms with E-state index in [0.29, 0.717) is 21.6 Å². The van der Waals surface area contributed by atoms with Crippen molar-refractivity contribution in [3.63, 3.8) is 0 Å². The fourth-order valence-corrected chi connectivity index (χ4v) is 4.71. The van der Waals surface area contributed by atoms with Gasteiger partial charge in [0, 0.05) is 5.39 Å². The van der Waals surface area contributed by atoms with Gasteiger partial charge in [-0.05, 0) is 37.1 Å². The molecule has 4 rings (SSSR count). The van der Waals surface area contributed by atoms with Gasteiger partial charge in [0.25, 0.3) is 5.91 Å². The van der Waals surface area contributed by atoms with Crippen LogP contribution < -0.4 is 11.1 Å². The molecule has 0 aliphatic carbocycles. The number of anilines is 1. The number of rotatable bonds is 5. The molecule has 3 aromatic heterocycles. The highest BCUT2D eigenvalue weighted by atomic mass is 32.1.